The fourth-order valence-electron chi connectivity index (χ4n) is 1.61. The predicted octanol–water partition coefficient (Wildman–Crippen LogP) is 0.967. The third-order valence-corrected chi connectivity index (χ3v) is 2.60. The second-order valence-corrected chi connectivity index (χ2v) is 3.92. The van der Waals surface area contributed by atoms with E-state index in [1.54, 1.807) is 6.20 Å². The maximum absolute atomic E-state index is 4.16. The summed E-state index contributed by atoms with van der Waals surface area (Å²) in [4.78, 5) is 4.00. The quantitative estimate of drug-likeness (QED) is 0.815. The number of aryl methyl sites for hydroxylation is 1. The molecule has 0 aliphatic rings. The Balaban J connectivity index is 1.78. The Labute approximate surface area is 95.1 Å². The van der Waals surface area contributed by atoms with Gasteiger partial charge in [-0.25, -0.2) is 4.98 Å². The van der Waals surface area contributed by atoms with Gasteiger partial charge in [0.1, 0.15) is 0 Å². The monoisotopic (exact) mass is 219 g/mol. The summed E-state index contributed by atoms with van der Waals surface area (Å²) in [6.45, 7) is 4.00. The summed E-state index contributed by atoms with van der Waals surface area (Å²) < 4.78 is 3.88. The van der Waals surface area contributed by atoms with Crippen LogP contribution in [0.2, 0.25) is 0 Å². The first kappa shape index (κ1) is 10.9. The zero-order valence-electron chi connectivity index (χ0n) is 9.67. The maximum atomic E-state index is 4.16. The van der Waals surface area contributed by atoms with Crippen molar-refractivity contribution in [2.75, 3.05) is 6.54 Å². The topological polar surface area (TPSA) is 47.7 Å². The van der Waals surface area contributed by atoms with Crippen molar-refractivity contribution in [1.29, 1.82) is 0 Å². The smallest absolute Gasteiger partial charge is 0.0946 e. The Hall–Kier alpha value is -1.62. The standard InChI is InChI=1S/C11H17N5/c1-10(11-7-14-15(2)8-11)13-4-6-16-5-3-12-9-16/h3,5,7-10,13H,4,6H2,1-2H3. The largest absolute Gasteiger partial charge is 0.336 e. The van der Waals surface area contributed by atoms with Gasteiger partial charge in [-0.1, -0.05) is 0 Å². The van der Waals surface area contributed by atoms with Crippen LogP contribution in [-0.4, -0.2) is 25.9 Å². The molecule has 1 atom stereocenters. The van der Waals surface area contributed by atoms with E-state index in [4.69, 9.17) is 0 Å². The van der Waals surface area contributed by atoms with Crippen LogP contribution >= 0.6 is 0 Å². The Morgan fingerprint density at radius 2 is 2.38 bits per heavy atom. The minimum atomic E-state index is 0.331. The van der Waals surface area contributed by atoms with Crippen molar-refractivity contribution in [3.63, 3.8) is 0 Å². The number of imidazole rings is 1. The summed E-state index contributed by atoms with van der Waals surface area (Å²) in [5.74, 6) is 0. The molecule has 2 aromatic rings. The Morgan fingerprint density at radius 3 is 3.00 bits per heavy atom. The van der Waals surface area contributed by atoms with Crippen LogP contribution in [0.1, 0.15) is 18.5 Å². The molecular formula is C11H17N5. The van der Waals surface area contributed by atoms with E-state index in [2.05, 4.69) is 26.9 Å². The van der Waals surface area contributed by atoms with E-state index in [1.165, 1.54) is 5.56 Å². The Bertz CT molecular complexity index is 417. The molecule has 1 N–H and O–H groups in total. The molecule has 0 saturated heterocycles. The maximum Gasteiger partial charge on any atom is 0.0946 e. The minimum absolute atomic E-state index is 0.331. The predicted molar refractivity (Wildman–Crippen MR) is 61.9 cm³/mol. The number of hydrogen-bond acceptors (Lipinski definition) is 3. The van der Waals surface area contributed by atoms with Gasteiger partial charge in [0.05, 0.1) is 12.5 Å². The number of nitrogens with zero attached hydrogens (tertiary/aromatic N) is 4. The summed E-state index contributed by atoms with van der Waals surface area (Å²) in [7, 11) is 1.93. The molecule has 0 aliphatic carbocycles. The van der Waals surface area contributed by atoms with Gasteiger partial charge in [0.2, 0.25) is 0 Å². The molecule has 0 fully saturated rings. The molecule has 0 aliphatic heterocycles. The van der Waals surface area contributed by atoms with Crippen LogP contribution in [-0.2, 0) is 13.6 Å². The van der Waals surface area contributed by atoms with E-state index < -0.39 is 0 Å². The first-order valence-electron chi connectivity index (χ1n) is 5.43. The average Bonchev–Trinajstić information content (AvgIpc) is 2.89. The Kier molecular flexibility index (Phi) is 3.36. The van der Waals surface area contributed by atoms with Gasteiger partial charge in [-0.3, -0.25) is 4.68 Å². The molecule has 1 unspecified atom stereocenters. The van der Waals surface area contributed by atoms with E-state index in [1.807, 2.05) is 36.6 Å². The van der Waals surface area contributed by atoms with Crippen molar-refractivity contribution >= 4 is 0 Å². The highest BCUT2D eigenvalue weighted by Crippen LogP contribution is 2.09. The van der Waals surface area contributed by atoms with Crippen LogP contribution in [0.25, 0.3) is 0 Å². The summed E-state index contributed by atoms with van der Waals surface area (Å²) in [6, 6.07) is 0.331. The molecule has 0 radical (unpaired) electrons. The van der Waals surface area contributed by atoms with E-state index >= 15 is 0 Å². The second-order valence-electron chi connectivity index (χ2n) is 3.92. The highest BCUT2D eigenvalue weighted by molar-refractivity contribution is 5.08. The summed E-state index contributed by atoms with van der Waals surface area (Å²) in [6.07, 6.45) is 9.53. The summed E-state index contributed by atoms with van der Waals surface area (Å²) in [5.41, 5.74) is 1.22. The van der Waals surface area contributed by atoms with Gasteiger partial charge in [0, 0.05) is 50.3 Å². The van der Waals surface area contributed by atoms with Crippen LogP contribution in [0.3, 0.4) is 0 Å². The van der Waals surface area contributed by atoms with Crippen LogP contribution in [0.15, 0.2) is 31.1 Å². The molecule has 0 bridgehead atoms. The third-order valence-electron chi connectivity index (χ3n) is 2.60. The molecule has 0 saturated carbocycles. The lowest BCUT2D eigenvalue weighted by Crippen LogP contribution is -2.22. The van der Waals surface area contributed by atoms with Gasteiger partial charge in [-0.2, -0.15) is 5.10 Å². The van der Waals surface area contributed by atoms with Crippen molar-refractivity contribution in [2.24, 2.45) is 7.05 Å². The number of aromatic nitrogens is 4. The minimum Gasteiger partial charge on any atom is -0.336 e. The average molecular weight is 219 g/mol. The SMILES string of the molecule is CC(NCCn1ccnc1)c1cnn(C)c1. The number of rotatable bonds is 5. The number of nitrogens with one attached hydrogen (secondary N) is 1. The van der Waals surface area contributed by atoms with Crippen LogP contribution in [0, 0.1) is 0 Å². The van der Waals surface area contributed by atoms with Gasteiger partial charge in [0.15, 0.2) is 0 Å². The molecular weight excluding hydrogens is 202 g/mol. The summed E-state index contributed by atoms with van der Waals surface area (Å²) in [5, 5.41) is 7.61. The molecule has 2 aromatic heterocycles. The lowest BCUT2D eigenvalue weighted by Gasteiger charge is -2.11. The second kappa shape index (κ2) is 4.94. The molecule has 2 heterocycles. The fourth-order valence-corrected chi connectivity index (χ4v) is 1.61. The first-order valence-corrected chi connectivity index (χ1v) is 5.43. The molecule has 0 amide bonds. The van der Waals surface area contributed by atoms with Crippen LogP contribution in [0.4, 0.5) is 0 Å². The van der Waals surface area contributed by atoms with Gasteiger partial charge in [-0.15, -0.1) is 0 Å². The molecule has 86 valence electrons. The van der Waals surface area contributed by atoms with Crippen molar-refractivity contribution in [1.82, 2.24) is 24.6 Å². The fraction of sp³-hybridized carbons (Fsp3) is 0.455. The zero-order chi connectivity index (χ0) is 11.4. The van der Waals surface area contributed by atoms with Gasteiger partial charge < -0.3 is 9.88 Å². The lowest BCUT2D eigenvalue weighted by molar-refractivity contribution is 0.530. The van der Waals surface area contributed by atoms with Gasteiger partial charge in [0.25, 0.3) is 0 Å². The lowest BCUT2D eigenvalue weighted by atomic mass is 10.2. The van der Waals surface area contributed by atoms with E-state index in [0.29, 0.717) is 6.04 Å². The Morgan fingerprint density at radius 1 is 1.50 bits per heavy atom. The molecule has 5 heteroatoms. The zero-order valence-corrected chi connectivity index (χ0v) is 9.67. The van der Waals surface area contributed by atoms with Gasteiger partial charge in [-0.05, 0) is 6.92 Å². The van der Waals surface area contributed by atoms with Crippen molar-refractivity contribution in [2.45, 2.75) is 19.5 Å². The van der Waals surface area contributed by atoms with Crippen LogP contribution < -0.4 is 5.32 Å². The van der Waals surface area contributed by atoms with E-state index in [9.17, 15) is 0 Å². The summed E-state index contributed by atoms with van der Waals surface area (Å²) >= 11 is 0. The third kappa shape index (κ3) is 2.70. The van der Waals surface area contributed by atoms with Crippen LogP contribution in [0.5, 0.6) is 0 Å². The molecule has 16 heavy (non-hydrogen) atoms. The van der Waals surface area contributed by atoms with Crippen molar-refractivity contribution in [3.05, 3.63) is 36.7 Å². The first-order chi connectivity index (χ1) is 7.75. The van der Waals surface area contributed by atoms with Crippen molar-refractivity contribution < 1.29 is 0 Å². The van der Waals surface area contributed by atoms with Gasteiger partial charge >= 0.3 is 0 Å². The highest BCUT2D eigenvalue weighted by atomic mass is 15.2. The van der Waals surface area contributed by atoms with E-state index in [0.717, 1.165) is 13.1 Å². The highest BCUT2D eigenvalue weighted by Gasteiger charge is 2.05. The molecule has 2 rings (SSSR count). The normalized spacial score (nSPS) is 12.9. The van der Waals surface area contributed by atoms with E-state index in [-0.39, 0.29) is 0 Å². The molecule has 0 aromatic carbocycles. The number of hydrogen-bond donors (Lipinski definition) is 1. The molecule has 0 spiro atoms. The molecule has 5 nitrogen and oxygen atoms in total. The van der Waals surface area contributed by atoms with Crippen molar-refractivity contribution in [3.8, 4) is 0 Å².